The molecule has 2 atom stereocenters. The molecule has 2 heterocycles. The van der Waals surface area contributed by atoms with E-state index in [0.29, 0.717) is 24.3 Å². The zero-order valence-corrected chi connectivity index (χ0v) is 16.0. The fourth-order valence-electron chi connectivity index (χ4n) is 3.20. The van der Waals surface area contributed by atoms with Crippen LogP contribution in [0.5, 0.6) is 0 Å². The number of esters is 1. The maximum atomic E-state index is 12.8. The summed E-state index contributed by atoms with van der Waals surface area (Å²) in [6, 6.07) is 4.49. The van der Waals surface area contributed by atoms with E-state index in [2.05, 4.69) is 10.6 Å². The van der Waals surface area contributed by atoms with Crippen molar-refractivity contribution in [2.75, 3.05) is 24.2 Å². The molecule has 1 aromatic carbocycles. The lowest BCUT2D eigenvalue weighted by atomic mass is 10.2. The van der Waals surface area contributed by atoms with E-state index < -0.39 is 36.2 Å². The minimum absolute atomic E-state index is 0.0867. The topological polar surface area (TPSA) is 105 Å². The Labute approximate surface area is 165 Å². The highest BCUT2D eigenvalue weighted by Crippen LogP contribution is 2.47. The van der Waals surface area contributed by atoms with Gasteiger partial charge in [0, 0.05) is 17.9 Å². The van der Waals surface area contributed by atoms with Crippen LogP contribution in [0.2, 0.25) is 0 Å². The summed E-state index contributed by atoms with van der Waals surface area (Å²) < 4.78 is 17.8. The van der Waals surface area contributed by atoms with Gasteiger partial charge in [-0.25, -0.2) is 9.18 Å². The van der Waals surface area contributed by atoms with Gasteiger partial charge in [0.05, 0.1) is 11.4 Å². The highest BCUT2D eigenvalue weighted by atomic mass is 32.2. The highest BCUT2D eigenvalue weighted by Gasteiger charge is 2.53. The van der Waals surface area contributed by atoms with Crippen LogP contribution in [0.1, 0.15) is 19.8 Å². The predicted molar refractivity (Wildman–Crippen MR) is 99.7 cm³/mol. The zero-order valence-electron chi connectivity index (χ0n) is 15.2. The number of anilines is 1. The summed E-state index contributed by atoms with van der Waals surface area (Å²) in [4.78, 5) is 49.0. The van der Waals surface area contributed by atoms with Gasteiger partial charge in [-0.15, -0.1) is 11.8 Å². The first-order valence-corrected chi connectivity index (χ1v) is 9.72. The van der Waals surface area contributed by atoms with E-state index in [1.807, 2.05) is 6.92 Å². The molecule has 10 heteroatoms. The Morgan fingerprint density at radius 1 is 1.29 bits per heavy atom. The minimum Gasteiger partial charge on any atom is -0.454 e. The summed E-state index contributed by atoms with van der Waals surface area (Å²) in [5, 5.41) is 4.83. The summed E-state index contributed by atoms with van der Waals surface area (Å²) in [5.74, 6) is -1.85. The Balaban J connectivity index is 1.40. The number of hydrogen-bond donors (Lipinski definition) is 2. The van der Waals surface area contributed by atoms with Crippen LogP contribution >= 0.6 is 11.8 Å². The first kappa shape index (κ1) is 20.1. The number of carbonyl (C=O) groups is 4. The molecule has 0 aliphatic carbocycles. The van der Waals surface area contributed by atoms with Crippen LogP contribution in [-0.2, 0) is 23.9 Å². The molecule has 2 aliphatic rings. The van der Waals surface area contributed by atoms with E-state index >= 15 is 0 Å². The van der Waals surface area contributed by atoms with E-state index in [9.17, 15) is 23.6 Å². The zero-order chi connectivity index (χ0) is 20.3. The summed E-state index contributed by atoms with van der Waals surface area (Å²) in [6.45, 7) is 1.06. The van der Waals surface area contributed by atoms with Crippen molar-refractivity contribution in [1.82, 2.24) is 10.2 Å². The Morgan fingerprint density at radius 2 is 2.00 bits per heavy atom. The number of rotatable bonds is 6. The summed E-state index contributed by atoms with van der Waals surface area (Å²) in [7, 11) is 0. The Kier molecular flexibility index (Phi) is 5.87. The molecule has 0 radical (unpaired) electrons. The molecule has 1 aromatic rings. The molecule has 0 spiro atoms. The van der Waals surface area contributed by atoms with Crippen LogP contribution in [0, 0.1) is 5.82 Å². The molecule has 0 saturated carbocycles. The number of hydrogen-bond acceptors (Lipinski definition) is 6. The number of nitrogens with zero attached hydrogens (tertiary/aromatic N) is 1. The summed E-state index contributed by atoms with van der Waals surface area (Å²) in [5.41, 5.74) is 0.393. The van der Waals surface area contributed by atoms with Gasteiger partial charge in [-0.05, 0) is 37.6 Å². The second-order valence-electron chi connectivity index (χ2n) is 6.71. The van der Waals surface area contributed by atoms with Crippen molar-refractivity contribution in [2.24, 2.45) is 0 Å². The van der Waals surface area contributed by atoms with Crippen LogP contribution in [0.4, 0.5) is 10.1 Å². The number of halogens is 1. The lowest BCUT2D eigenvalue weighted by molar-refractivity contribution is -0.156. The molecule has 2 aliphatic heterocycles. The SMILES string of the molecule is C[C@@]12CCC(=O)N1[C@@H](C(=O)OCC(=O)NCC(=O)Nc1ccc(F)cc1)CS2. The Hall–Kier alpha value is -2.62. The van der Waals surface area contributed by atoms with E-state index in [-0.39, 0.29) is 17.3 Å². The monoisotopic (exact) mass is 409 g/mol. The van der Waals surface area contributed by atoms with Crippen molar-refractivity contribution < 1.29 is 28.3 Å². The van der Waals surface area contributed by atoms with Crippen LogP contribution in [0.25, 0.3) is 0 Å². The van der Waals surface area contributed by atoms with Gasteiger partial charge >= 0.3 is 5.97 Å². The molecule has 150 valence electrons. The van der Waals surface area contributed by atoms with Crippen LogP contribution in [0.15, 0.2) is 24.3 Å². The summed E-state index contributed by atoms with van der Waals surface area (Å²) in [6.07, 6.45) is 1.08. The van der Waals surface area contributed by atoms with Gasteiger partial charge in [0.1, 0.15) is 11.9 Å². The average Bonchev–Trinajstić information content (AvgIpc) is 3.16. The van der Waals surface area contributed by atoms with Gasteiger partial charge in [-0.3, -0.25) is 14.4 Å². The van der Waals surface area contributed by atoms with Crippen molar-refractivity contribution in [3.8, 4) is 0 Å². The molecule has 2 fully saturated rings. The van der Waals surface area contributed by atoms with Crippen molar-refractivity contribution in [1.29, 1.82) is 0 Å². The third-order valence-electron chi connectivity index (χ3n) is 4.64. The number of ether oxygens (including phenoxy) is 1. The smallest absolute Gasteiger partial charge is 0.330 e. The molecule has 0 aromatic heterocycles. The normalized spacial score (nSPS) is 23.3. The Bertz CT molecular complexity index is 803. The van der Waals surface area contributed by atoms with Gasteiger partial charge in [-0.1, -0.05) is 0 Å². The van der Waals surface area contributed by atoms with Crippen LogP contribution in [-0.4, -0.2) is 58.4 Å². The number of carbonyl (C=O) groups excluding carboxylic acids is 4. The molecule has 2 saturated heterocycles. The third kappa shape index (κ3) is 4.44. The highest BCUT2D eigenvalue weighted by molar-refractivity contribution is 8.01. The predicted octanol–water partition coefficient (Wildman–Crippen LogP) is 0.878. The van der Waals surface area contributed by atoms with Crippen molar-refractivity contribution in [3.63, 3.8) is 0 Å². The number of thioether (sulfide) groups is 1. The largest absolute Gasteiger partial charge is 0.454 e. The van der Waals surface area contributed by atoms with E-state index in [0.717, 1.165) is 0 Å². The number of nitrogens with one attached hydrogen (secondary N) is 2. The molecule has 0 bridgehead atoms. The number of fused-ring (bicyclic) bond motifs is 1. The van der Waals surface area contributed by atoms with Gasteiger partial charge in [0.25, 0.3) is 5.91 Å². The molecule has 3 rings (SSSR count). The maximum Gasteiger partial charge on any atom is 0.330 e. The van der Waals surface area contributed by atoms with Crippen molar-refractivity contribution in [2.45, 2.75) is 30.7 Å². The number of amides is 3. The third-order valence-corrected chi connectivity index (χ3v) is 6.14. The molecule has 0 unspecified atom stereocenters. The molecule has 8 nitrogen and oxygen atoms in total. The van der Waals surface area contributed by atoms with E-state index in [1.165, 1.54) is 36.0 Å². The minimum atomic E-state index is -0.695. The molecule has 3 amide bonds. The van der Waals surface area contributed by atoms with Gasteiger partial charge in [0.2, 0.25) is 11.8 Å². The van der Waals surface area contributed by atoms with Crippen molar-refractivity contribution in [3.05, 3.63) is 30.1 Å². The molecule has 2 N–H and O–H groups in total. The molecule has 28 heavy (non-hydrogen) atoms. The lowest BCUT2D eigenvalue weighted by Crippen LogP contribution is -2.47. The Morgan fingerprint density at radius 3 is 2.71 bits per heavy atom. The number of benzene rings is 1. The first-order valence-electron chi connectivity index (χ1n) is 8.73. The fourth-order valence-corrected chi connectivity index (χ4v) is 4.61. The van der Waals surface area contributed by atoms with Gasteiger partial charge in [-0.2, -0.15) is 0 Å². The van der Waals surface area contributed by atoms with Crippen molar-refractivity contribution >= 4 is 41.1 Å². The maximum absolute atomic E-state index is 12.8. The second kappa shape index (κ2) is 8.17. The van der Waals surface area contributed by atoms with E-state index in [4.69, 9.17) is 4.74 Å². The standard InChI is InChI=1S/C18H20FN3O5S/c1-18-7-6-16(25)22(18)13(10-28-18)17(26)27-9-15(24)20-8-14(23)21-12-4-2-11(19)3-5-12/h2-5,13H,6-10H2,1H3,(H,20,24)(H,21,23)/t13-,18-/m1/s1. The van der Waals surface area contributed by atoms with Gasteiger partial charge < -0.3 is 20.3 Å². The van der Waals surface area contributed by atoms with Gasteiger partial charge in [0.15, 0.2) is 6.61 Å². The summed E-state index contributed by atoms with van der Waals surface area (Å²) >= 11 is 1.53. The lowest BCUT2D eigenvalue weighted by Gasteiger charge is -2.29. The molecular weight excluding hydrogens is 389 g/mol. The second-order valence-corrected chi connectivity index (χ2v) is 8.21. The quantitative estimate of drug-likeness (QED) is 0.676. The van der Waals surface area contributed by atoms with Crippen LogP contribution in [0.3, 0.4) is 0 Å². The van der Waals surface area contributed by atoms with E-state index in [1.54, 1.807) is 4.90 Å². The van der Waals surface area contributed by atoms with Crippen LogP contribution < -0.4 is 10.6 Å². The first-order chi connectivity index (χ1) is 13.3. The average molecular weight is 409 g/mol. The molecular formula is C18H20FN3O5S. The fraction of sp³-hybridized carbons (Fsp3) is 0.444.